The molecule has 3 atom stereocenters. The Morgan fingerprint density at radius 1 is 1.44 bits per heavy atom. The molecule has 3 amide bonds. The maximum absolute atomic E-state index is 13.3. The number of benzene rings is 1. The summed E-state index contributed by atoms with van der Waals surface area (Å²) in [5, 5.41) is 13.2. The summed E-state index contributed by atoms with van der Waals surface area (Å²) in [6.07, 6.45) is 0.921. The van der Waals surface area contributed by atoms with Crippen LogP contribution >= 0.6 is 0 Å². The normalized spacial score (nSPS) is 29.0. The number of rotatable bonds is 4. The Balaban J connectivity index is 1.67. The number of hydrogen-bond acceptors (Lipinski definition) is 4. The van der Waals surface area contributed by atoms with E-state index in [-0.39, 0.29) is 23.7 Å². The molecule has 3 rings (SSSR count). The molecule has 3 unspecified atom stereocenters. The average molecular weight is 349 g/mol. The predicted molar refractivity (Wildman–Crippen MR) is 90.2 cm³/mol. The number of urea groups is 1. The van der Waals surface area contributed by atoms with Gasteiger partial charge in [-0.15, -0.1) is 0 Å². The highest BCUT2D eigenvalue weighted by Crippen LogP contribution is 2.32. The Labute approximate surface area is 146 Å². The van der Waals surface area contributed by atoms with Crippen LogP contribution in [0.1, 0.15) is 31.4 Å². The lowest BCUT2D eigenvalue weighted by Crippen LogP contribution is -2.56. The monoisotopic (exact) mass is 349 g/mol. The van der Waals surface area contributed by atoms with Crippen molar-refractivity contribution in [1.82, 2.24) is 15.1 Å². The molecule has 0 bridgehead atoms. The molecule has 2 fully saturated rings. The van der Waals surface area contributed by atoms with Gasteiger partial charge in [-0.25, -0.2) is 9.18 Å². The van der Waals surface area contributed by atoms with Crippen molar-refractivity contribution in [3.8, 4) is 0 Å². The molecule has 2 N–H and O–H groups in total. The van der Waals surface area contributed by atoms with E-state index >= 15 is 0 Å². The van der Waals surface area contributed by atoms with Gasteiger partial charge in [0.25, 0.3) is 5.91 Å². The second kappa shape index (κ2) is 6.72. The molecular formula is C18H24FN3O3. The topological polar surface area (TPSA) is 72.9 Å². The zero-order valence-electron chi connectivity index (χ0n) is 14.5. The van der Waals surface area contributed by atoms with Gasteiger partial charge in [0.05, 0.1) is 6.10 Å². The quantitative estimate of drug-likeness (QED) is 0.809. The number of halogens is 1. The number of hydrogen-bond donors (Lipinski definition) is 2. The van der Waals surface area contributed by atoms with Crippen LogP contribution in [0, 0.1) is 11.7 Å². The zero-order chi connectivity index (χ0) is 18.2. The highest BCUT2D eigenvalue weighted by Gasteiger charge is 2.51. The Bertz CT molecular complexity index is 683. The summed E-state index contributed by atoms with van der Waals surface area (Å²) in [5.74, 6) is -0.611. The number of piperidine rings is 1. The molecule has 6 nitrogen and oxygen atoms in total. The molecule has 2 heterocycles. The summed E-state index contributed by atoms with van der Waals surface area (Å²) < 4.78 is 13.3. The molecule has 0 aliphatic carbocycles. The fourth-order valence-electron chi connectivity index (χ4n) is 3.83. The van der Waals surface area contributed by atoms with Crippen LogP contribution in [0.4, 0.5) is 9.18 Å². The summed E-state index contributed by atoms with van der Waals surface area (Å²) in [4.78, 5) is 27.5. The van der Waals surface area contributed by atoms with Crippen LogP contribution < -0.4 is 5.32 Å². The van der Waals surface area contributed by atoms with Crippen molar-refractivity contribution in [3.63, 3.8) is 0 Å². The van der Waals surface area contributed by atoms with Crippen molar-refractivity contribution in [2.45, 2.75) is 31.4 Å². The average Bonchev–Trinajstić information content (AvgIpc) is 2.79. The first kappa shape index (κ1) is 17.8. The number of likely N-dealkylation sites (N-methyl/N-ethyl adjacent to an activating group) is 1. The molecular weight excluding hydrogens is 325 g/mol. The molecule has 7 heteroatoms. The van der Waals surface area contributed by atoms with Gasteiger partial charge in [0, 0.05) is 26.1 Å². The number of likely N-dealkylation sites (tertiary alicyclic amines) is 1. The zero-order valence-corrected chi connectivity index (χ0v) is 14.5. The van der Waals surface area contributed by atoms with Crippen LogP contribution in [-0.2, 0) is 4.79 Å². The molecule has 2 aliphatic heterocycles. The Hall–Kier alpha value is -1.99. The van der Waals surface area contributed by atoms with Crippen LogP contribution in [0.3, 0.4) is 0 Å². The highest BCUT2D eigenvalue weighted by molar-refractivity contribution is 6.06. The van der Waals surface area contributed by atoms with Gasteiger partial charge in [-0.3, -0.25) is 9.69 Å². The van der Waals surface area contributed by atoms with E-state index in [4.69, 9.17) is 0 Å². The molecule has 1 aromatic carbocycles. The standard InChI is InChI=1S/C18H24FN3O3/c1-18(16(24)21(2)17(25)20-18)13-6-4-8-22(10-13)11-15(23)12-5-3-7-14(19)9-12/h3,5,7,9,13,15,23H,4,6,8,10-11H2,1-2H3,(H,20,25). The van der Waals surface area contributed by atoms with E-state index in [2.05, 4.69) is 10.2 Å². The van der Waals surface area contributed by atoms with Gasteiger partial charge in [-0.1, -0.05) is 12.1 Å². The van der Waals surface area contributed by atoms with Gasteiger partial charge >= 0.3 is 6.03 Å². The van der Waals surface area contributed by atoms with Crippen molar-refractivity contribution in [3.05, 3.63) is 35.6 Å². The van der Waals surface area contributed by atoms with Gasteiger partial charge in [-0.2, -0.15) is 0 Å². The Morgan fingerprint density at radius 3 is 2.84 bits per heavy atom. The third-order valence-corrected chi connectivity index (χ3v) is 5.41. The SMILES string of the molecule is CN1C(=O)NC(C)(C2CCCN(CC(O)c3cccc(F)c3)C2)C1=O. The fraction of sp³-hybridized carbons (Fsp3) is 0.556. The minimum atomic E-state index is -0.908. The fourth-order valence-corrected chi connectivity index (χ4v) is 3.83. The van der Waals surface area contributed by atoms with Crippen LogP contribution in [0.2, 0.25) is 0 Å². The van der Waals surface area contributed by atoms with Gasteiger partial charge in [-0.05, 0) is 44.0 Å². The third-order valence-electron chi connectivity index (χ3n) is 5.41. The van der Waals surface area contributed by atoms with Crippen LogP contribution in [0.15, 0.2) is 24.3 Å². The number of nitrogens with zero attached hydrogens (tertiary/aromatic N) is 2. The first-order chi connectivity index (χ1) is 11.8. The van der Waals surface area contributed by atoms with Crippen LogP contribution in [-0.4, -0.2) is 59.1 Å². The lowest BCUT2D eigenvalue weighted by atomic mass is 9.80. The number of amides is 3. The summed E-state index contributed by atoms with van der Waals surface area (Å²) >= 11 is 0. The van der Waals surface area contributed by atoms with E-state index in [1.165, 1.54) is 19.2 Å². The first-order valence-electron chi connectivity index (χ1n) is 8.57. The molecule has 0 spiro atoms. The minimum Gasteiger partial charge on any atom is -0.387 e. The number of aliphatic hydroxyl groups is 1. The second-order valence-electron chi connectivity index (χ2n) is 7.17. The molecule has 1 aromatic rings. The molecule has 0 radical (unpaired) electrons. The van der Waals surface area contributed by atoms with E-state index < -0.39 is 11.6 Å². The molecule has 25 heavy (non-hydrogen) atoms. The van der Waals surface area contributed by atoms with E-state index in [9.17, 15) is 19.1 Å². The van der Waals surface area contributed by atoms with Gasteiger partial charge in [0.2, 0.25) is 0 Å². The van der Waals surface area contributed by atoms with Crippen molar-refractivity contribution in [2.24, 2.45) is 5.92 Å². The van der Waals surface area contributed by atoms with E-state index in [0.29, 0.717) is 18.7 Å². The minimum absolute atomic E-state index is 0.0256. The van der Waals surface area contributed by atoms with E-state index in [1.54, 1.807) is 19.1 Å². The molecule has 2 saturated heterocycles. The molecule has 2 aliphatic rings. The largest absolute Gasteiger partial charge is 0.387 e. The second-order valence-corrected chi connectivity index (χ2v) is 7.17. The van der Waals surface area contributed by atoms with Crippen molar-refractivity contribution >= 4 is 11.9 Å². The lowest BCUT2D eigenvalue weighted by Gasteiger charge is -2.40. The van der Waals surface area contributed by atoms with Gasteiger partial charge in [0.1, 0.15) is 11.4 Å². The number of imide groups is 1. The predicted octanol–water partition coefficient (Wildman–Crippen LogP) is 1.51. The number of nitrogens with one attached hydrogen (secondary N) is 1. The van der Waals surface area contributed by atoms with E-state index in [1.807, 2.05) is 0 Å². The Morgan fingerprint density at radius 2 is 2.20 bits per heavy atom. The molecule has 0 aromatic heterocycles. The van der Waals surface area contributed by atoms with Gasteiger partial charge in [0.15, 0.2) is 0 Å². The summed E-state index contributed by atoms with van der Waals surface area (Å²) in [6, 6.07) is 5.59. The smallest absolute Gasteiger partial charge is 0.324 e. The number of carbonyl (C=O) groups is 2. The van der Waals surface area contributed by atoms with Crippen molar-refractivity contribution in [2.75, 3.05) is 26.7 Å². The summed E-state index contributed by atoms with van der Waals surface area (Å²) in [6.45, 7) is 3.54. The van der Waals surface area contributed by atoms with Gasteiger partial charge < -0.3 is 15.3 Å². The molecule has 136 valence electrons. The van der Waals surface area contributed by atoms with Crippen LogP contribution in [0.25, 0.3) is 0 Å². The summed E-state index contributed by atoms with van der Waals surface area (Å²) in [7, 11) is 1.48. The molecule has 0 saturated carbocycles. The number of β-amino-alcohol motifs (C(OH)–C–C–N with tert-alkyl or cyclic N) is 1. The number of carbonyl (C=O) groups excluding carboxylic acids is 2. The Kier molecular flexibility index (Phi) is 4.79. The summed E-state index contributed by atoms with van der Waals surface area (Å²) in [5.41, 5.74) is -0.368. The lowest BCUT2D eigenvalue weighted by molar-refractivity contribution is -0.132. The number of aliphatic hydroxyl groups excluding tert-OH is 1. The van der Waals surface area contributed by atoms with Crippen molar-refractivity contribution in [1.29, 1.82) is 0 Å². The maximum Gasteiger partial charge on any atom is 0.324 e. The van der Waals surface area contributed by atoms with Crippen LogP contribution in [0.5, 0.6) is 0 Å². The highest BCUT2D eigenvalue weighted by atomic mass is 19.1. The first-order valence-corrected chi connectivity index (χ1v) is 8.57. The third kappa shape index (κ3) is 3.39. The van der Waals surface area contributed by atoms with Crippen molar-refractivity contribution < 1.29 is 19.1 Å². The maximum atomic E-state index is 13.3. The van der Waals surface area contributed by atoms with E-state index in [0.717, 1.165) is 24.3 Å².